The van der Waals surface area contributed by atoms with E-state index < -0.39 is 23.7 Å². The lowest BCUT2D eigenvalue weighted by atomic mass is 9.95. The van der Waals surface area contributed by atoms with Gasteiger partial charge in [-0.25, -0.2) is 9.59 Å². The standard InChI is InChI=1S/C22H32N4O5/c1-22(2,3)31-21(29)26-11-10-17(12-18(26)13-19(27)30-5)25-20(28)24-16-8-6-15(7-9-16)14-23-4/h6-9,17-18H,4,10-14H2,1-3,5H3,(H2,24,25,28)/t17-,18-/m1/s1. The second-order valence-electron chi connectivity index (χ2n) is 8.51. The lowest BCUT2D eigenvalue weighted by Gasteiger charge is -2.39. The van der Waals surface area contributed by atoms with Gasteiger partial charge >= 0.3 is 18.1 Å². The number of nitrogens with one attached hydrogen (secondary N) is 2. The molecule has 0 aliphatic carbocycles. The molecule has 9 heteroatoms. The van der Waals surface area contributed by atoms with Gasteiger partial charge in [-0.2, -0.15) is 0 Å². The minimum absolute atomic E-state index is 0.0361. The largest absolute Gasteiger partial charge is 0.469 e. The van der Waals surface area contributed by atoms with E-state index in [1.54, 1.807) is 37.8 Å². The first-order valence-corrected chi connectivity index (χ1v) is 10.3. The SMILES string of the molecule is C=NCc1ccc(NC(=O)N[C@@H]2CCN(C(=O)OC(C)(C)C)[C@@H](CC(=O)OC)C2)cc1. The lowest BCUT2D eigenvalue weighted by Crippen LogP contribution is -2.54. The van der Waals surface area contributed by atoms with Crippen LogP contribution in [0.3, 0.4) is 0 Å². The number of urea groups is 1. The average molecular weight is 433 g/mol. The predicted octanol–water partition coefficient (Wildman–Crippen LogP) is 3.34. The van der Waals surface area contributed by atoms with E-state index >= 15 is 0 Å². The maximum Gasteiger partial charge on any atom is 0.410 e. The van der Waals surface area contributed by atoms with Crippen LogP contribution < -0.4 is 10.6 Å². The van der Waals surface area contributed by atoms with Gasteiger partial charge in [0.2, 0.25) is 0 Å². The van der Waals surface area contributed by atoms with Crippen molar-refractivity contribution in [3.8, 4) is 0 Å². The number of rotatable bonds is 6. The smallest absolute Gasteiger partial charge is 0.410 e. The normalized spacial score (nSPS) is 18.6. The molecule has 2 N–H and O–H groups in total. The number of hydrogen-bond acceptors (Lipinski definition) is 6. The number of ether oxygens (including phenoxy) is 2. The first kappa shape index (κ1) is 24.2. The van der Waals surface area contributed by atoms with Crippen LogP contribution in [0, 0.1) is 0 Å². The van der Waals surface area contributed by atoms with Crippen LogP contribution in [0.4, 0.5) is 15.3 Å². The summed E-state index contributed by atoms with van der Waals surface area (Å²) in [6.07, 6.45) is 0.535. The number of methoxy groups -OCH3 is 1. The highest BCUT2D eigenvalue weighted by Crippen LogP contribution is 2.23. The number of amides is 3. The Morgan fingerprint density at radius 1 is 1.23 bits per heavy atom. The summed E-state index contributed by atoms with van der Waals surface area (Å²) in [4.78, 5) is 42.2. The minimum atomic E-state index is -0.640. The molecule has 9 nitrogen and oxygen atoms in total. The summed E-state index contributed by atoms with van der Waals surface area (Å²) in [6.45, 7) is 9.72. The Labute approximate surface area is 183 Å². The number of hydrogen-bond donors (Lipinski definition) is 2. The van der Waals surface area contributed by atoms with Crippen molar-refractivity contribution in [3.63, 3.8) is 0 Å². The number of carbonyl (C=O) groups excluding carboxylic acids is 3. The van der Waals surface area contributed by atoms with Gasteiger partial charge in [0.15, 0.2) is 0 Å². The average Bonchev–Trinajstić information content (AvgIpc) is 2.68. The topological polar surface area (TPSA) is 109 Å². The predicted molar refractivity (Wildman–Crippen MR) is 118 cm³/mol. The van der Waals surface area contributed by atoms with Crippen molar-refractivity contribution < 1.29 is 23.9 Å². The molecule has 31 heavy (non-hydrogen) atoms. The fourth-order valence-electron chi connectivity index (χ4n) is 3.39. The maximum absolute atomic E-state index is 12.6. The number of aliphatic imine (C=N–C) groups is 1. The summed E-state index contributed by atoms with van der Waals surface area (Å²) < 4.78 is 10.2. The van der Waals surface area contributed by atoms with E-state index in [2.05, 4.69) is 22.3 Å². The highest BCUT2D eigenvalue weighted by atomic mass is 16.6. The van der Waals surface area contributed by atoms with E-state index in [0.29, 0.717) is 31.6 Å². The fraction of sp³-hybridized carbons (Fsp3) is 0.545. The first-order chi connectivity index (χ1) is 14.6. The van der Waals surface area contributed by atoms with Crippen LogP contribution in [0.5, 0.6) is 0 Å². The molecular formula is C22H32N4O5. The number of esters is 1. The molecule has 0 aromatic heterocycles. The molecule has 170 valence electrons. The number of carbonyl (C=O) groups is 3. The molecule has 0 radical (unpaired) electrons. The van der Waals surface area contributed by atoms with Gasteiger partial charge in [-0.05, 0) is 58.0 Å². The minimum Gasteiger partial charge on any atom is -0.469 e. The van der Waals surface area contributed by atoms with Gasteiger partial charge in [-0.15, -0.1) is 0 Å². The van der Waals surface area contributed by atoms with Gasteiger partial charge in [0, 0.05) is 24.3 Å². The summed E-state index contributed by atoms with van der Waals surface area (Å²) in [6, 6.07) is 6.37. The Morgan fingerprint density at radius 3 is 2.48 bits per heavy atom. The van der Waals surface area contributed by atoms with Crippen LogP contribution in [0.25, 0.3) is 0 Å². The van der Waals surface area contributed by atoms with E-state index in [9.17, 15) is 14.4 Å². The molecule has 1 aliphatic heterocycles. The molecule has 1 aromatic rings. The van der Waals surface area contributed by atoms with E-state index in [4.69, 9.17) is 9.47 Å². The van der Waals surface area contributed by atoms with Crippen LogP contribution in [0.1, 0.15) is 45.6 Å². The molecule has 2 atom stereocenters. The van der Waals surface area contributed by atoms with Crippen LogP contribution in [-0.2, 0) is 20.8 Å². The zero-order chi connectivity index (χ0) is 23.0. The van der Waals surface area contributed by atoms with Gasteiger partial charge in [0.25, 0.3) is 0 Å². The van der Waals surface area contributed by atoms with Gasteiger partial charge in [-0.3, -0.25) is 9.79 Å². The molecule has 2 rings (SSSR count). The molecule has 1 fully saturated rings. The zero-order valence-electron chi connectivity index (χ0n) is 18.6. The first-order valence-electron chi connectivity index (χ1n) is 10.3. The van der Waals surface area contributed by atoms with Crippen molar-refractivity contribution in [1.29, 1.82) is 0 Å². The Hall–Kier alpha value is -3.10. The number of piperidine rings is 1. The van der Waals surface area contributed by atoms with Crippen molar-refractivity contribution in [3.05, 3.63) is 29.8 Å². The number of anilines is 1. The van der Waals surface area contributed by atoms with E-state index in [-0.39, 0.29) is 18.5 Å². The highest BCUT2D eigenvalue weighted by Gasteiger charge is 2.36. The summed E-state index contributed by atoms with van der Waals surface area (Å²) >= 11 is 0. The van der Waals surface area contributed by atoms with Crippen molar-refractivity contribution in [2.75, 3.05) is 19.0 Å². The molecule has 3 amide bonds. The summed E-state index contributed by atoms with van der Waals surface area (Å²) in [5.41, 5.74) is 1.02. The molecule has 0 spiro atoms. The van der Waals surface area contributed by atoms with Crippen molar-refractivity contribution in [1.82, 2.24) is 10.2 Å². The van der Waals surface area contributed by atoms with E-state index in [1.165, 1.54) is 7.11 Å². The Bertz CT molecular complexity index is 788. The zero-order valence-corrected chi connectivity index (χ0v) is 18.6. The quantitative estimate of drug-likeness (QED) is 0.529. The van der Waals surface area contributed by atoms with E-state index in [1.807, 2.05) is 12.1 Å². The number of likely N-dealkylation sites (tertiary alicyclic amines) is 1. The Morgan fingerprint density at radius 2 is 1.90 bits per heavy atom. The summed E-state index contributed by atoms with van der Waals surface area (Å²) in [7, 11) is 1.31. The van der Waals surface area contributed by atoms with Gasteiger partial charge in [-0.1, -0.05) is 12.1 Å². The van der Waals surface area contributed by atoms with Crippen LogP contribution >= 0.6 is 0 Å². The summed E-state index contributed by atoms with van der Waals surface area (Å²) in [5, 5.41) is 5.72. The van der Waals surface area contributed by atoms with Gasteiger partial charge in [0.1, 0.15) is 5.60 Å². The van der Waals surface area contributed by atoms with E-state index in [0.717, 1.165) is 5.56 Å². The molecule has 0 unspecified atom stereocenters. The molecule has 1 aliphatic rings. The molecule has 0 saturated carbocycles. The van der Waals surface area contributed by atoms with Crippen LogP contribution in [-0.4, -0.2) is 61.1 Å². The third-order valence-corrected chi connectivity index (χ3v) is 4.82. The number of nitrogens with zero attached hydrogens (tertiary/aromatic N) is 2. The van der Waals surface area contributed by atoms with Crippen molar-refractivity contribution >= 4 is 30.5 Å². The molecule has 1 saturated heterocycles. The van der Waals surface area contributed by atoms with Gasteiger partial charge < -0.3 is 25.0 Å². The van der Waals surface area contributed by atoms with Crippen LogP contribution in [0.2, 0.25) is 0 Å². The third kappa shape index (κ3) is 7.92. The molecule has 1 aromatic carbocycles. The monoisotopic (exact) mass is 432 g/mol. The lowest BCUT2D eigenvalue weighted by molar-refractivity contribution is -0.142. The molecule has 1 heterocycles. The second-order valence-corrected chi connectivity index (χ2v) is 8.51. The Balaban J connectivity index is 1.97. The third-order valence-electron chi connectivity index (χ3n) is 4.82. The molecular weight excluding hydrogens is 400 g/mol. The Kier molecular flexibility index (Phi) is 8.41. The van der Waals surface area contributed by atoms with Crippen molar-refractivity contribution in [2.45, 2.75) is 64.3 Å². The number of benzene rings is 1. The summed E-state index contributed by atoms with van der Waals surface area (Å²) in [5.74, 6) is -0.419. The molecule has 0 bridgehead atoms. The van der Waals surface area contributed by atoms with Crippen molar-refractivity contribution in [2.24, 2.45) is 4.99 Å². The van der Waals surface area contributed by atoms with Crippen LogP contribution in [0.15, 0.2) is 29.3 Å². The fourth-order valence-corrected chi connectivity index (χ4v) is 3.39. The van der Waals surface area contributed by atoms with Gasteiger partial charge in [0.05, 0.1) is 20.1 Å². The maximum atomic E-state index is 12.6. The second kappa shape index (κ2) is 10.8. The highest BCUT2D eigenvalue weighted by molar-refractivity contribution is 5.89.